The van der Waals surface area contributed by atoms with Crippen molar-refractivity contribution in [1.29, 1.82) is 5.41 Å². The second-order valence-corrected chi connectivity index (χ2v) is 3.16. The number of nitrogens with one attached hydrogen (secondary N) is 2. The average Bonchev–Trinajstić information content (AvgIpc) is 2.56. The van der Waals surface area contributed by atoms with Gasteiger partial charge in [0, 0.05) is 6.54 Å². The van der Waals surface area contributed by atoms with E-state index in [-0.39, 0.29) is 17.9 Å². The van der Waals surface area contributed by atoms with Crippen LogP contribution in [0.2, 0.25) is 0 Å². The molecule has 2 aliphatic rings. The summed E-state index contributed by atoms with van der Waals surface area (Å²) in [5.74, 6) is 0.125. The molecule has 0 aromatic carbocycles. The van der Waals surface area contributed by atoms with E-state index in [1.165, 1.54) is 0 Å². The minimum atomic E-state index is -0.275. The number of fused-ring (bicyclic) bond motifs is 1. The lowest BCUT2D eigenvalue weighted by Crippen LogP contribution is -2.32. The van der Waals surface area contributed by atoms with Crippen LogP contribution in [0.15, 0.2) is 4.99 Å². The Bertz CT molecular complexity index is 297. The van der Waals surface area contributed by atoms with Crippen LogP contribution < -0.4 is 11.1 Å². The number of nitrogens with zero attached hydrogens (tertiary/aromatic N) is 2. The Hall–Kier alpha value is -1.59. The summed E-state index contributed by atoms with van der Waals surface area (Å²) in [5.41, 5.74) is 5.12. The van der Waals surface area contributed by atoms with Crippen molar-refractivity contribution in [1.82, 2.24) is 10.2 Å². The first-order chi connectivity index (χ1) is 6.18. The largest absolute Gasteiger partial charge is 0.368 e. The van der Waals surface area contributed by atoms with E-state index in [4.69, 9.17) is 11.1 Å². The maximum absolute atomic E-state index is 11.3. The van der Waals surface area contributed by atoms with Crippen LogP contribution in [0.1, 0.15) is 12.8 Å². The molecular weight excluding hydrogens is 170 g/mol. The van der Waals surface area contributed by atoms with Crippen LogP contribution in [-0.4, -0.2) is 35.3 Å². The molecule has 0 radical (unpaired) electrons. The molecule has 2 heterocycles. The van der Waals surface area contributed by atoms with Gasteiger partial charge in [-0.15, -0.1) is 0 Å². The first kappa shape index (κ1) is 8.03. The number of carbonyl (C=O) groups is 1. The van der Waals surface area contributed by atoms with E-state index in [0.717, 1.165) is 19.4 Å². The van der Waals surface area contributed by atoms with Crippen molar-refractivity contribution in [3.8, 4) is 0 Å². The lowest BCUT2D eigenvalue weighted by atomic mass is 10.2. The highest BCUT2D eigenvalue weighted by Gasteiger charge is 2.39. The molecule has 2 saturated heterocycles. The summed E-state index contributed by atoms with van der Waals surface area (Å²) in [4.78, 5) is 16.9. The van der Waals surface area contributed by atoms with Gasteiger partial charge >= 0.3 is 0 Å². The number of rotatable bonds is 0. The van der Waals surface area contributed by atoms with Crippen molar-refractivity contribution < 1.29 is 4.79 Å². The monoisotopic (exact) mass is 181 g/mol. The van der Waals surface area contributed by atoms with Gasteiger partial charge in [-0.1, -0.05) is 0 Å². The van der Waals surface area contributed by atoms with Crippen LogP contribution in [0.4, 0.5) is 0 Å². The van der Waals surface area contributed by atoms with Crippen LogP contribution in [-0.2, 0) is 4.79 Å². The molecule has 4 N–H and O–H groups in total. The summed E-state index contributed by atoms with van der Waals surface area (Å²) in [6, 6.07) is -0.0851. The van der Waals surface area contributed by atoms with Gasteiger partial charge in [-0.3, -0.25) is 15.5 Å². The Morgan fingerprint density at radius 1 is 1.77 bits per heavy atom. The molecule has 0 aromatic heterocycles. The molecule has 0 spiro atoms. The Morgan fingerprint density at radius 3 is 3.23 bits per heavy atom. The van der Waals surface area contributed by atoms with Gasteiger partial charge < -0.3 is 10.6 Å². The van der Waals surface area contributed by atoms with Gasteiger partial charge in [0.05, 0.1) is 0 Å². The van der Waals surface area contributed by atoms with Gasteiger partial charge in [-0.25, -0.2) is 0 Å². The number of aliphatic imine (C=N–C) groups is 1. The summed E-state index contributed by atoms with van der Waals surface area (Å²) < 4.78 is 0. The molecule has 0 aromatic rings. The number of carbonyl (C=O) groups excluding carboxylic acids is 1. The number of hydrogen-bond acceptors (Lipinski definition) is 2. The Kier molecular flexibility index (Phi) is 1.68. The van der Waals surface area contributed by atoms with Gasteiger partial charge in [-0.05, 0) is 12.8 Å². The van der Waals surface area contributed by atoms with Gasteiger partial charge in [0.15, 0.2) is 0 Å². The number of amides is 1. The van der Waals surface area contributed by atoms with Gasteiger partial charge in [0.1, 0.15) is 6.04 Å². The molecule has 70 valence electrons. The lowest BCUT2D eigenvalue weighted by Gasteiger charge is -2.13. The molecule has 1 amide bonds. The molecule has 2 fully saturated rings. The molecular formula is C7H11N5O. The van der Waals surface area contributed by atoms with Crippen molar-refractivity contribution >= 4 is 17.8 Å². The minimum absolute atomic E-state index is 0.0301. The van der Waals surface area contributed by atoms with Crippen molar-refractivity contribution in [2.75, 3.05) is 6.54 Å². The summed E-state index contributed by atoms with van der Waals surface area (Å²) in [6.45, 7) is 0.815. The summed E-state index contributed by atoms with van der Waals surface area (Å²) in [7, 11) is 0. The lowest BCUT2D eigenvalue weighted by molar-refractivity contribution is -0.120. The van der Waals surface area contributed by atoms with Crippen LogP contribution >= 0.6 is 0 Å². The molecule has 2 aliphatic heterocycles. The minimum Gasteiger partial charge on any atom is -0.368 e. The Labute approximate surface area is 75.3 Å². The second-order valence-electron chi connectivity index (χ2n) is 3.16. The van der Waals surface area contributed by atoms with E-state index in [0.29, 0.717) is 5.96 Å². The van der Waals surface area contributed by atoms with E-state index in [9.17, 15) is 4.79 Å². The zero-order chi connectivity index (χ0) is 9.42. The summed E-state index contributed by atoms with van der Waals surface area (Å²) in [5, 5.41) is 9.59. The first-order valence-electron chi connectivity index (χ1n) is 4.18. The van der Waals surface area contributed by atoms with Crippen LogP contribution in [0.25, 0.3) is 0 Å². The molecule has 1 atom stereocenters. The highest BCUT2D eigenvalue weighted by molar-refractivity contribution is 6.09. The van der Waals surface area contributed by atoms with Crippen molar-refractivity contribution in [3.63, 3.8) is 0 Å². The molecule has 6 nitrogen and oxygen atoms in total. The number of hydrogen-bond donors (Lipinski definition) is 3. The van der Waals surface area contributed by atoms with Crippen molar-refractivity contribution in [3.05, 3.63) is 0 Å². The zero-order valence-electron chi connectivity index (χ0n) is 7.08. The topological polar surface area (TPSA) is 94.6 Å². The fraction of sp³-hybridized carbons (Fsp3) is 0.571. The van der Waals surface area contributed by atoms with Crippen LogP contribution in [0.5, 0.6) is 0 Å². The SMILES string of the molecule is N=C(N)/N=C1/NC(=O)C2CCCN12. The molecule has 6 heteroatoms. The predicted octanol–water partition coefficient (Wildman–Crippen LogP) is -1.17. The highest BCUT2D eigenvalue weighted by atomic mass is 16.2. The normalized spacial score (nSPS) is 29.2. The maximum atomic E-state index is 11.3. The fourth-order valence-electron chi connectivity index (χ4n) is 1.76. The fourth-order valence-corrected chi connectivity index (χ4v) is 1.76. The van der Waals surface area contributed by atoms with Crippen LogP contribution in [0, 0.1) is 5.41 Å². The zero-order valence-corrected chi connectivity index (χ0v) is 7.08. The number of nitrogens with two attached hydrogens (primary N) is 1. The Balaban J connectivity index is 2.24. The summed E-state index contributed by atoms with van der Waals surface area (Å²) >= 11 is 0. The van der Waals surface area contributed by atoms with E-state index in [1.807, 2.05) is 4.90 Å². The predicted molar refractivity (Wildman–Crippen MR) is 47.2 cm³/mol. The Morgan fingerprint density at radius 2 is 2.54 bits per heavy atom. The molecule has 13 heavy (non-hydrogen) atoms. The van der Waals surface area contributed by atoms with Crippen molar-refractivity contribution in [2.45, 2.75) is 18.9 Å². The highest BCUT2D eigenvalue weighted by Crippen LogP contribution is 2.21. The standard InChI is InChI=1S/C7H11N5O/c8-6(9)11-7-10-5(13)4-2-1-3-12(4)7/h4H,1-3H2,(H4,8,9,10,11,13). The van der Waals surface area contributed by atoms with Gasteiger partial charge in [0.25, 0.3) is 0 Å². The molecule has 2 rings (SSSR count). The average molecular weight is 181 g/mol. The smallest absolute Gasteiger partial charge is 0.249 e. The van der Waals surface area contributed by atoms with E-state index in [2.05, 4.69) is 10.3 Å². The number of guanidine groups is 2. The molecule has 0 bridgehead atoms. The van der Waals surface area contributed by atoms with E-state index < -0.39 is 0 Å². The third-order valence-electron chi connectivity index (χ3n) is 2.29. The van der Waals surface area contributed by atoms with Gasteiger partial charge in [-0.2, -0.15) is 4.99 Å². The van der Waals surface area contributed by atoms with Crippen molar-refractivity contribution in [2.24, 2.45) is 10.7 Å². The first-order valence-corrected chi connectivity index (χ1v) is 4.18. The van der Waals surface area contributed by atoms with E-state index in [1.54, 1.807) is 0 Å². The quantitative estimate of drug-likeness (QED) is 0.324. The van der Waals surface area contributed by atoms with Crippen LogP contribution in [0.3, 0.4) is 0 Å². The van der Waals surface area contributed by atoms with E-state index >= 15 is 0 Å². The third-order valence-corrected chi connectivity index (χ3v) is 2.29. The molecule has 0 saturated carbocycles. The second kappa shape index (κ2) is 2.72. The van der Waals surface area contributed by atoms with Gasteiger partial charge in [0.2, 0.25) is 17.8 Å². The third kappa shape index (κ3) is 1.24. The molecule has 1 unspecified atom stereocenters. The molecule has 0 aliphatic carbocycles. The maximum Gasteiger partial charge on any atom is 0.249 e. The summed E-state index contributed by atoms with van der Waals surface area (Å²) in [6.07, 6.45) is 1.86.